The van der Waals surface area contributed by atoms with Crippen LogP contribution in [0.1, 0.15) is 36.0 Å². The molecule has 6 nitrogen and oxygen atoms in total. The predicted molar refractivity (Wildman–Crippen MR) is 135 cm³/mol. The number of nitrogens with zero attached hydrogens (tertiary/aromatic N) is 1. The molecule has 1 unspecified atom stereocenters. The Kier molecular flexibility index (Phi) is 8.04. The second-order valence-electron chi connectivity index (χ2n) is 8.34. The Labute approximate surface area is 201 Å². The van der Waals surface area contributed by atoms with Gasteiger partial charge in [-0.05, 0) is 98.6 Å². The van der Waals surface area contributed by atoms with E-state index in [0.29, 0.717) is 24.0 Å². The smallest absolute Gasteiger partial charge is 0.262 e. The van der Waals surface area contributed by atoms with Crippen molar-refractivity contribution in [3.63, 3.8) is 0 Å². The van der Waals surface area contributed by atoms with E-state index in [4.69, 9.17) is 14.2 Å². The first-order valence-electron chi connectivity index (χ1n) is 11.8. The first kappa shape index (κ1) is 23.6. The van der Waals surface area contributed by atoms with Crippen molar-refractivity contribution in [3.05, 3.63) is 78.4 Å². The molecule has 1 atom stereocenters. The standard InChI is InChI=1S/C28H32N2O4/c1-32-25-12-6-21(7-13-25)28(31)30(23-8-14-26(33-2)15-9-23)24-10-16-27(17-11-24)34-20-18-22-5-3-4-19-29-22/h6-17,22,29H,3-5,18-20H2,1-2H3. The summed E-state index contributed by atoms with van der Waals surface area (Å²) < 4.78 is 16.5. The summed E-state index contributed by atoms with van der Waals surface area (Å²) in [5, 5.41) is 3.55. The van der Waals surface area contributed by atoms with Gasteiger partial charge in [0.15, 0.2) is 0 Å². The quantitative estimate of drug-likeness (QED) is 0.451. The van der Waals surface area contributed by atoms with Crippen LogP contribution in [0, 0.1) is 0 Å². The highest BCUT2D eigenvalue weighted by Crippen LogP contribution is 2.31. The third kappa shape index (κ3) is 5.88. The van der Waals surface area contributed by atoms with E-state index in [1.807, 2.05) is 48.5 Å². The van der Waals surface area contributed by atoms with Crippen LogP contribution < -0.4 is 24.4 Å². The molecule has 0 aromatic heterocycles. The van der Waals surface area contributed by atoms with Crippen LogP contribution in [0.15, 0.2) is 72.8 Å². The number of carbonyl (C=O) groups excluding carboxylic acids is 1. The van der Waals surface area contributed by atoms with E-state index in [1.165, 1.54) is 19.3 Å². The molecule has 1 fully saturated rings. The molecular weight excluding hydrogens is 428 g/mol. The van der Waals surface area contributed by atoms with E-state index < -0.39 is 0 Å². The van der Waals surface area contributed by atoms with Crippen molar-refractivity contribution in [3.8, 4) is 17.2 Å². The summed E-state index contributed by atoms with van der Waals surface area (Å²) in [4.78, 5) is 15.2. The van der Waals surface area contributed by atoms with Crippen LogP contribution in [0.4, 0.5) is 11.4 Å². The van der Waals surface area contributed by atoms with Crippen molar-refractivity contribution in [1.82, 2.24) is 5.32 Å². The van der Waals surface area contributed by atoms with Crippen molar-refractivity contribution >= 4 is 17.3 Å². The van der Waals surface area contributed by atoms with Crippen LogP contribution in [0.3, 0.4) is 0 Å². The monoisotopic (exact) mass is 460 g/mol. The van der Waals surface area contributed by atoms with Gasteiger partial charge < -0.3 is 19.5 Å². The van der Waals surface area contributed by atoms with E-state index in [2.05, 4.69) is 5.32 Å². The first-order valence-corrected chi connectivity index (χ1v) is 11.8. The van der Waals surface area contributed by atoms with Gasteiger partial charge in [0.1, 0.15) is 17.2 Å². The Morgan fingerprint density at radius 3 is 1.91 bits per heavy atom. The molecule has 1 aliphatic rings. The second kappa shape index (κ2) is 11.6. The molecule has 0 spiro atoms. The molecule has 1 heterocycles. The number of piperidine rings is 1. The number of benzene rings is 3. The summed E-state index contributed by atoms with van der Waals surface area (Å²) in [5.74, 6) is 2.10. The number of amides is 1. The third-order valence-electron chi connectivity index (χ3n) is 6.11. The van der Waals surface area contributed by atoms with Gasteiger partial charge in [0.2, 0.25) is 0 Å². The van der Waals surface area contributed by atoms with Crippen LogP contribution in [-0.2, 0) is 0 Å². The van der Waals surface area contributed by atoms with E-state index >= 15 is 0 Å². The summed E-state index contributed by atoms with van der Waals surface area (Å²) in [6.07, 6.45) is 4.76. The van der Waals surface area contributed by atoms with Crippen molar-refractivity contribution in [2.45, 2.75) is 31.7 Å². The minimum absolute atomic E-state index is 0.134. The number of ether oxygens (including phenoxy) is 3. The average Bonchev–Trinajstić information content (AvgIpc) is 2.91. The number of nitrogens with one attached hydrogen (secondary N) is 1. The van der Waals surface area contributed by atoms with Crippen molar-refractivity contribution in [2.24, 2.45) is 0 Å². The topological polar surface area (TPSA) is 60.0 Å². The molecule has 1 aliphatic heterocycles. The highest BCUT2D eigenvalue weighted by molar-refractivity contribution is 6.11. The highest BCUT2D eigenvalue weighted by atomic mass is 16.5. The van der Waals surface area contributed by atoms with E-state index in [0.717, 1.165) is 35.8 Å². The molecule has 1 amide bonds. The number of hydrogen-bond donors (Lipinski definition) is 1. The minimum atomic E-state index is -0.134. The summed E-state index contributed by atoms with van der Waals surface area (Å²) in [6.45, 7) is 1.77. The largest absolute Gasteiger partial charge is 0.497 e. The van der Waals surface area contributed by atoms with Gasteiger partial charge in [0.25, 0.3) is 5.91 Å². The lowest BCUT2D eigenvalue weighted by Crippen LogP contribution is -2.35. The molecule has 4 rings (SSSR count). The predicted octanol–water partition coefficient (Wildman–Crippen LogP) is 5.59. The normalized spacial score (nSPS) is 15.4. The van der Waals surface area contributed by atoms with Gasteiger partial charge in [-0.1, -0.05) is 6.42 Å². The van der Waals surface area contributed by atoms with Crippen LogP contribution in [0.25, 0.3) is 0 Å². The molecule has 0 radical (unpaired) electrons. The van der Waals surface area contributed by atoms with Crippen LogP contribution >= 0.6 is 0 Å². The zero-order chi connectivity index (χ0) is 23.8. The molecular formula is C28H32N2O4. The van der Waals surface area contributed by atoms with Crippen molar-refractivity contribution in [1.29, 1.82) is 0 Å². The lowest BCUT2D eigenvalue weighted by Gasteiger charge is -2.24. The lowest BCUT2D eigenvalue weighted by atomic mass is 10.0. The SMILES string of the molecule is COc1ccc(C(=O)N(c2ccc(OC)cc2)c2ccc(OCCC3CCCCN3)cc2)cc1. The average molecular weight is 461 g/mol. The maximum Gasteiger partial charge on any atom is 0.262 e. The molecule has 0 aliphatic carbocycles. The molecule has 0 bridgehead atoms. The highest BCUT2D eigenvalue weighted by Gasteiger charge is 2.20. The van der Waals surface area contributed by atoms with Gasteiger partial charge in [0, 0.05) is 23.0 Å². The number of anilines is 2. The van der Waals surface area contributed by atoms with Crippen molar-refractivity contribution < 1.29 is 19.0 Å². The van der Waals surface area contributed by atoms with Gasteiger partial charge in [-0.15, -0.1) is 0 Å². The van der Waals surface area contributed by atoms with Gasteiger partial charge in [-0.25, -0.2) is 0 Å². The fourth-order valence-corrected chi connectivity index (χ4v) is 4.16. The van der Waals surface area contributed by atoms with Crippen LogP contribution in [0.5, 0.6) is 17.2 Å². The zero-order valence-electron chi connectivity index (χ0n) is 19.8. The molecule has 1 saturated heterocycles. The molecule has 3 aromatic carbocycles. The maximum absolute atomic E-state index is 13.5. The Hall–Kier alpha value is -3.51. The van der Waals surface area contributed by atoms with Crippen molar-refractivity contribution in [2.75, 3.05) is 32.3 Å². The van der Waals surface area contributed by atoms with Gasteiger partial charge >= 0.3 is 0 Å². The fraction of sp³-hybridized carbons (Fsp3) is 0.321. The summed E-state index contributed by atoms with van der Waals surface area (Å²) in [6, 6.07) is 22.8. The molecule has 34 heavy (non-hydrogen) atoms. The summed E-state index contributed by atoms with van der Waals surface area (Å²) in [5.41, 5.74) is 2.07. The zero-order valence-corrected chi connectivity index (χ0v) is 19.8. The van der Waals surface area contributed by atoms with E-state index in [-0.39, 0.29) is 5.91 Å². The molecule has 178 valence electrons. The van der Waals surface area contributed by atoms with Crippen LogP contribution in [0.2, 0.25) is 0 Å². The first-order chi connectivity index (χ1) is 16.7. The Balaban J connectivity index is 1.52. The van der Waals surface area contributed by atoms with Gasteiger partial charge in [0.05, 0.1) is 20.8 Å². The van der Waals surface area contributed by atoms with E-state index in [1.54, 1.807) is 43.4 Å². The molecule has 0 saturated carbocycles. The number of rotatable bonds is 9. The number of hydrogen-bond acceptors (Lipinski definition) is 5. The van der Waals surface area contributed by atoms with Gasteiger partial charge in [-0.3, -0.25) is 9.69 Å². The Bertz CT molecular complexity index is 1040. The Morgan fingerprint density at radius 1 is 0.824 bits per heavy atom. The number of carbonyl (C=O) groups is 1. The maximum atomic E-state index is 13.5. The lowest BCUT2D eigenvalue weighted by molar-refractivity contribution is 0.0999. The second-order valence-corrected chi connectivity index (χ2v) is 8.34. The molecule has 6 heteroatoms. The minimum Gasteiger partial charge on any atom is -0.497 e. The van der Waals surface area contributed by atoms with Gasteiger partial charge in [-0.2, -0.15) is 0 Å². The summed E-state index contributed by atoms with van der Waals surface area (Å²) in [7, 11) is 3.23. The summed E-state index contributed by atoms with van der Waals surface area (Å²) >= 11 is 0. The van der Waals surface area contributed by atoms with Crippen LogP contribution in [-0.4, -0.2) is 39.3 Å². The van der Waals surface area contributed by atoms with E-state index in [9.17, 15) is 4.79 Å². The molecule has 3 aromatic rings. The third-order valence-corrected chi connectivity index (χ3v) is 6.11. The number of methoxy groups -OCH3 is 2. The Morgan fingerprint density at radius 2 is 1.38 bits per heavy atom. The molecule has 1 N–H and O–H groups in total. The fourth-order valence-electron chi connectivity index (χ4n) is 4.16.